The topological polar surface area (TPSA) is 72.7 Å². The van der Waals surface area contributed by atoms with E-state index in [1.807, 2.05) is 0 Å². The Bertz CT molecular complexity index is 992. The Labute approximate surface area is 152 Å². The smallest absolute Gasteiger partial charge is 0.317 e. The van der Waals surface area contributed by atoms with Crippen LogP contribution in [0.15, 0.2) is 36.8 Å². The number of carbonyl (C=O) groups is 1. The molecule has 0 radical (unpaired) electrons. The van der Waals surface area contributed by atoms with E-state index in [0.29, 0.717) is 11.1 Å². The SMILES string of the molecule is O=C(c1ccccc1C(F)(F)F)n1nc(C2CCNCC2)c2cncnc21. The minimum Gasteiger partial charge on any atom is -0.317 e. The molecule has 0 amide bonds. The van der Waals surface area contributed by atoms with Crippen LogP contribution in [-0.4, -0.2) is 38.7 Å². The third-order valence-electron chi connectivity index (χ3n) is 4.76. The molecule has 1 saturated heterocycles. The molecular formula is C18H16F3N5O. The minimum absolute atomic E-state index is 0.103. The number of nitrogens with zero attached hydrogens (tertiary/aromatic N) is 4. The molecular weight excluding hydrogens is 359 g/mol. The number of fused-ring (bicyclic) bond motifs is 1. The Morgan fingerprint density at radius 3 is 2.67 bits per heavy atom. The molecule has 27 heavy (non-hydrogen) atoms. The van der Waals surface area contributed by atoms with Gasteiger partial charge in [-0.15, -0.1) is 0 Å². The van der Waals surface area contributed by atoms with Gasteiger partial charge in [0.1, 0.15) is 6.33 Å². The van der Waals surface area contributed by atoms with E-state index in [9.17, 15) is 18.0 Å². The summed E-state index contributed by atoms with van der Waals surface area (Å²) in [6, 6.07) is 4.70. The third-order valence-corrected chi connectivity index (χ3v) is 4.76. The highest BCUT2D eigenvalue weighted by Gasteiger charge is 2.36. The van der Waals surface area contributed by atoms with Crippen LogP contribution in [0.4, 0.5) is 13.2 Å². The maximum Gasteiger partial charge on any atom is 0.417 e. The van der Waals surface area contributed by atoms with E-state index < -0.39 is 23.2 Å². The third kappa shape index (κ3) is 3.18. The molecule has 3 aromatic rings. The first kappa shape index (κ1) is 17.6. The first-order chi connectivity index (χ1) is 13.0. The zero-order valence-electron chi connectivity index (χ0n) is 14.2. The molecule has 1 aromatic carbocycles. The van der Waals surface area contributed by atoms with E-state index in [1.165, 1.54) is 18.5 Å². The predicted molar refractivity (Wildman–Crippen MR) is 91.3 cm³/mol. The van der Waals surface area contributed by atoms with E-state index in [-0.39, 0.29) is 11.6 Å². The molecule has 0 bridgehead atoms. The number of hydrogen-bond acceptors (Lipinski definition) is 5. The van der Waals surface area contributed by atoms with Crippen molar-refractivity contribution in [2.45, 2.75) is 24.9 Å². The Balaban J connectivity index is 1.84. The van der Waals surface area contributed by atoms with Crippen LogP contribution in [0, 0.1) is 0 Å². The summed E-state index contributed by atoms with van der Waals surface area (Å²) in [4.78, 5) is 21.1. The van der Waals surface area contributed by atoms with Gasteiger partial charge in [-0.25, -0.2) is 9.97 Å². The lowest BCUT2D eigenvalue weighted by Gasteiger charge is -2.20. The number of benzene rings is 1. The minimum atomic E-state index is -4.64. The highest BCUT2D eigenvalue weighted by atomic mass is 19.4. The molecule has 4 rings (SSSR count). The molecule has 0 atom stereocenters. The molecule has 0 aliphatic carbocycles. The van der Waals surface area contributed by atoms with Crippen LogP contribution in [0.5, 0.6) is 0 Å². The van der Waals surface area contributed by atoms with Crippen LogP contribution in [0.3, 0.4) is 0 Å². The number of piperidine rings is 1. The highest BCUT2D eigenvalue weighted by Crippen LogP contribution is 2.34. The molecule has 140 valence electrons. The van der Waals surface area contributed by atoms with Gasteiger partial charge in [0.15, 0.2) is 5.65 Å². The van der Waals surface area contributed by atoms with Crippen molar-refractivity contribution in [1.82, 2.24) is 25.1 Å². The van der Waals surface area contributed by atoms with Gasteiger partial charge in [0.05, 0.1) is 22.2 Å². The number of aromatic nitrogens is 4. The van der Waals surface area contributed by atoms with E-state index in [0.717, 1.165) is 42.7 Å². The molecule has 1 aliphatic rings. The zero-order valence-corrected chi connectivity index (χ0v) is 14.2. The summed E-state index contributed by atoms with van der Waals surface area (Å²) in [5, 5.41) is 8.24. The Morgan fingerprint density at radius 1 is 1.19 bits per heavy atom. The van der Waals surface area contributed by atoms with Crippen molar-refractivity contribution in [2.24, 2.45) is 0 Å². The summed E-state index contributed by atoms with van der Waals surface area (Å²) in [5.74, 6) is -0.751. The fourth-order valence-electron chi connectivity index (χ4n) is 3.45. The van der Waals surface area contributed by atoms with Crippen LogP contribution < -0.4 is 5.32 Å². The van der Waals surface area contributed by atoms with Crippen molar-refractivity contribution in [1.29, 1.82) is 0 Å². The highest BCUT2D eigenvalue weighted by molar-refractivity contribution is 6.01. The van der Waals surface area contributed by atoms with Gasteiger partial charge in [0.2, 0.25) is 0 Å². The summed E-state index contributed by atoms with van der Waals surface area (Å²) in [5.41, 5.74) is -0.563. The van der Waals surface area contributed by atoms with E-state index >= 15 is 0 Å². The second kappa shape index (κ2) is 6.73. The monoisotopic (exact) mass is 375 g/mol. The fourth-order valence-corrected chi connectivity index (χ4v) is 3.45. The predicted octanol–water partition coefficient (Wildman–Crippen LogP) is 3.00. The molecule has 0 unspecified atom stereocenters. The zero-order chi connectivity index (χ0) is 19.0. The Hall–Kier alpha value is -2.81. The van der Waals surface area contributed by atoms with Crippen molar-refractivity contribution < 1.29 is 18.0 Å². The van der Waals surface area contributed by atoms with Gasteiger partial charge in [-0.3, -0.25) is 4.79 Å². The lowest BCUT2D eigenvalue weighted by Crippen LogP contribution is -2.27. The van der Waals surface area contributed by atoms with Gasteiger partial charge in [0, 0.05) is 12.1 Å². The van der Waals surface area contributed by atoms with Gasteiger partial charge < -0.3 is 5.32 Å². The molecule has 3 heterocycles. The average molecular weight is 375 g/mol. The summed E-state index contributed by atoms with van der Waals surface area (Å²) in [6.45, 7) is 1.63. The molecule has 9 heteroatoms. The Morgan fingerprint density at radius 2 is 1.93 bits per heavy atom. The second-order valence-corrected chi connectivity index (χ2v) is 6.43. The fraction of sp³-hybridized carbons (Fsp3) is 0.333. The molecule has 1 aliphatic heterocycles. The summed E-state index contributed by atoms with van der Waals surface area (Å²) >= 11 is 0. The van der Waals surface area contributed by atoms with Gasteiger partial charge in [-0.2, -0.15) is 23.0 Å². The van der Waals surface area contributed by atoms with Crippen LogP contribution in [-0.2, 0) is 6.18 Å². The number of nitrogens with one attached hydrogen (secondary N) is 1. The van der Waals surface area contributed by atoms with E-state index in [4.69, 9.17) is 0 Å². The van der Waals surface area contributed by atoms with Gasteiger partial charge in [-0.05, 0) is 38.1 Å². The van der Waals surface area contributed by atoms with Crippen LogP contribution in [0.2, 0.25) is 0 Å². The largest absolute Gasteiger partial charge is 0.417 e. The Kier molecular flexibility index (Phi) is 4.39. The van der Waals surface area contributed by atoms with E-state index in [1.54, 1.807) is 6.20 Å². The van der Waals surface area contributed by atoms with Gasteiger partial charge >= 0.3 is 6.18 Å². The molecule has 2 aromatic heterocycles. The van der Waals surface area contributed by atoms with Crippen molar-refractivity contribution in [3.05, 3.63) is 53.6 Å². The standard InChI is InChI=1S/C18H16F3N5O/c19-18(20,21)14-4-2-1-3-12(14)17(27)26-16-13(9-23-10-24-16)15(25-26)11-5-7-22-8-6-11/h1-4,9-11,22H,5-8H2. The molecule has 6 nitrogen and oxygen atoms in total. The normalized spacial score (nSPS) is 16.0. The lowest BCUT2D eigenvalue weighted by atomic mass is 9.93. The molecule has 0 saturated carbocycles. The second-order valence-electron chi connectivity index (χ2n) is 6.43. The van der Waals surface area contributed by atoms with Crippen LogP contribution in [0.25, 0.3) is 11.0 Å². The quantitative estimate of drug-likeness (QED) is 0.746. The van der Waals surface area contributed by atoms with Crippen molar-refractivity contribution in [2.75, 3.05) is 13.1 Å². The summed E-state index contributed by atoms with van der Waals surface area (Å²) in [6.07, 6.45) is -0.160. The van der Waals surface area contributed by atoms with Gasteiger partial charge in [-0.1, -0.05) is 12.1 Å². The summed E-state index contributed by atoms with van der Waals surface area (Å²) in [7, 11) is 0. The van der Waals surface area contributed by atoms with Crippen LogP contribution in [0.1, 0.15) is 40.4 Å². The molecule has 0 spiro atoms. The first-order valence-electron chi connectivity index (χ1n) is 8.57. The molecule has 1 fully saturated rings. The average Bonchev–Trinajstić information content (AvgIpc) is 3.07. The lowest BCUT2D eigenvalue weighted by molar-refractivity contribution is -0.137. The number of halogens is 3. The van der Waals surface area contributed by atoms with Gasteiger partial charge in [0.25, 0.3) is 5.91 Å². The summed E-state index contributed by atoms with van der Waals surface area (Å²) < 4.78 is 40.9. The number of rotatable bonds is 2. The number of carbonyl (C=O) groups excluding carboxylic acids is 1. The number of alkyl halides is 3. The molecule has 1 N–H and O–H groups in total. The van der Waals surface area contributed by atoms with Crippen molar-refractivity contribution in [3.63, 3.8) is 0 Å². The maximum atomic E-state index is 13.3. The number of hydrogen-bond donors (Lipinski definition) is 1. The first-order valence-corrected chi connectivity index (χ1v) is 8.57. The van der Waals surface area contributed by atoms with Crippen molar-refractivity contribution in [3.8, 4) is 0 Å². The van der Waals surface area contributed by atoms with Crippen molar-refractivity contribution >= 4 is 16.9 Å². The van der Waals surface area contributed by atoms with Crippen LogP contribution >= 0.6 is 0 Å². The maximum absolute atomic E-state index is 13.3. The van der Waals surface area contributed by atoms with E-state index in [2.05, 4.69) is 20.4 Å².